The number of rotatable bonds is 3. The lowest BCUT2D eigenvalue weighted by Crippen LogP contribution is -2.52. The lowest BCUT2D eigenvalue weighted by Gasteiger charge is -2.40. The van der Waals surface area contributed by atoms with Crippen molar-refractivity contribution in [2.75, 3.05) is 20.3 Å². The van der Waals surface area contributed by atoms with Crippen molar-refractivity contribution in [2.45, 2.75) is 37.6 Å². The number of methoxy groups -OCH3 is 1. The van der Waals surface area contributed by atoms with Crippen molar-refractivity contribution in [2.24, 2.45) is 0 Å². The zero-order valence-corrected chi connectivity index (χ0v) is 13.1. The monoisotopic (exact) mass is 297 g/mol. The number of piperidine rings is 1. The fourth-order valence-electron chi connectivity index (χ4n) is 4.07. The Balaban J connectivity index is 1.60. The van der Waals surface area contributed by atoms with E-state index >= 15 is 0 Å². The van der Waals surface area contributed by atoms with E-state index in [0.29, 0.717) is 6.04 Å². The summed E-state index contributed by atoms with van der Waals surface area (Å²) in [6.07, 6.45) is 2.68. The number of nitrogens with zero attached hydrogens (tertiary/aromatic N) is 1. The van der Waals surface area contributed by atoms with Gasteiger partial charge in [0.2, 0.25) is 0 Å². The summed E-state index contributed by atoms with van der Waals surface area (Å²) in [7, 11) is 1.81. The van der Waals surface area contributed by atoms with Crippen molar-refractivity contribution >= 4 is 10.8 Å². The molecule has 3 heteroatoms. The average molecular weight is 297 g/mol. The number of benzene rings is 2. The Kier molecular flexibility index (Phi) is 3.87. The molecule has 0 aromatic heterocycles. The average Bonchev–Trinajstić information content (AvgIpc) is 3.06. The molecule has 2 aliphatic heterocycles. The Bertz CT molecular complexity index is 651. The summed E-state index contributed by atoms with van der Waals surface area (Å²) in [5, 5.41) is 2.69. The molecule has 0 aliphatic carbocycles. The summed E-state index contributed by atoms with van der Waals surface area (Å²) in [6, 6.07) is 15.8. The summed E-state index contributed by atoms with van der Waals surface area (Å²) in [4.78, 5) is 2.59. The van der Waals surface area contributed by atoms with E-state index in [-0.39, 0.29) is 12.2 Å². The summed E-state index contributed by atoms with van der Waals surface area (Å²) in [6.45, 7) is 2.95. The third-order valence-corrected chi connectivity index (χ3v) is 5.20. The molecular formula is C19H23NO2. The van der Waals surface area contributed by atoms with E-state index in [4.69, 9.17) is 9.47 Å². The second-order valence-electron chi connectivity index (χ2n) is 6.36. The number of hydrogen-bond donors (Lipinski definition) is 0. The van der Waals surface area contributed by atoms with Gasteiger partial charge in [-0.05, 0) is 29.2 Å². The Morgan fingerprint density at radius 1 is 1.14 bits per heavy atom. The summed E-state index contributed by atoms with van der Waals surface area (Å²) in [5.41, 5.74) is 1.42. The molecular weight excluding hydrogens is 274 g/mol. The van der Waals surface area contributed by atoms with Gasteiger partial charge in [0, 0.05) is 32.8 Å². The fraction of sp³-hybridized carbons (Fsp3) is 0.474. The highest BCUT2D eigenvalue weighted by Gasteiger charge is 2.42. The molecule has 4 rings (SSSR count). The molecule has 0 amide bonds. The van der Waals surface area contributed by atoms with Crippen LogP contribution < -0.4 is 0 Å². The van der Waals surface area contributed by atoms with Crippen molar-refractivity contribution in [3.05, 3.63) is 48.0 Å². The van der Waals surface area contributed by atoms with Gasteiger partial charge in [-0.1, -0.05) is 42.5 Å². The van der Waals surface area contributed by atoms with E-state index < -0.39 is 0 Å². The molecule has 0 spiro atoms. The molecule has 2 aromatic rings. The molecule has 2 fully saturated rings. The lowest BCUT2D eigenvalue weighted by atomic mass is 9.94. The van der Waals surface area contributed by atoms with Crippen molar-refractivity contribution in [1.82, 2.24) is 4.90 Å². The first kappa shape index (κ1) is 14.2. The lowest BCUT2D eigenvalue weighted by molar-refractivity contribution is -0.0844. The SMILES string of the molecule is CO[C@@H]1CCN(Cc2cccc3ccccc23)[C@@H]2CCO[C@H]21. The van der Waals surface area contributed by atoms with E-state index in [1.165, 1.54) is 16.3 Å². The molecule has 0 N–H and O–H groups in total. The Morgan fingerprint density at radius 2 is 2.00 bits per heavy atom. The normalized spacial score (nSPS) is 28.9. The standard InChI is InChI=1S/C19H23NO2/c1-21-18-9-11-20(17-10-12-22-19(17)18)13-15-7-4-6-14-5-2-3-8-16(14)15/h2-8,17-19H,9-13H2,1H3/t17-,18-,19-/m1/s1. The third kappa shape index (κ3) is 2.43. The van der Waals surface area contributed by atoms with Crippen LogP contribution in [-0.2, 0) is 16.0 Å². The summed E-state index contributed by atoms with van der Waals surface area (Å²) >= 11 is 0. The largest absolute Gasteiger partial charge is 0.379 e. The number of fused-ring (bicyclic) bond motifs is 2. The van der Waals surface area contributed by atoms with E-state index in [1.807, 2.05) is 7.11 Å². The van der Waals surface area contributed by atoms with Gasteiger partial charge in [0.1, 0.15) is 0 Å². The minimum absolute atomic E-state index is 0.244. The van der Waals surface area contributed by atoms with E-state index in [0.717, 1.165) is 32.5 Å². The molecule has 0 bridgehead atoms. The Morgan fingerprint density at radius 3 is 2.91 bits per heavy atom. The third-order valence-electron chi connectivity index (χ3n) is 5.20. The molecule has 0 saturated carbocycles. The smallest absolute Gasteiger partial charge is 0.0992 e. The van der Waals surface area contributed by atoms with Gasteiger partial charge in [-0.3, -0.25) is 4.90 Å². The van der Waals surface area contributed by atoms with Crippen LogP contribution >= 0.6 is 0 Å². The van der Waals surface area contributed by atoms with Gasteiger partial charge in [-0.15, -0.1) is 0 Å². The molecule has 2 saturated heterocycles. The van der Waals surface area contributed by atoms with Crippen molar-refractivity contribution in [1.29, 1.82) is 0 Å². The second kappa shape index (κ2) is 5.99. The molecule has 2 aromatic carbocycles. The van der Waals surface area contributed by atoms with Crippen LogP contribution in [-0.4, -0.2) is 43.4 Å². The van der Waals surface area contributed by atoms with E-state index in [9.17, 15) is 0 Å². The van der Waals surface area contributed by atoms with Gasteiger partial charge in [0.15, 0.2) is 0 Å². The van der Waals surface area contributed by atoms with Crippen LogP contribution in [0.15, 0.2) is 42.5 Å². The Labute approximate surface area is 131 Å². The number of likely N-dealkylation sites (tertiary alicyclic amines) is 1. The van der Waals surface area contributed by atoms with Gasteiger partial charge in [-0.25, -0.2) is 0 Å². The van der Waals surface area contributed by atoms with Crippen LogP contribution in [0.5, 0.6) is 0 Å². The molecule has 3 atom stereocenters. The van der Waals surface area contributed by atoms with Crippen LogP contribution in [0.25, 0.3) is 10.8 Å². The first-order valence-corrected chi connectivity index (χ1v) is 8.22. The molecule has 0 unspecified atom stereocenters. The van der Waals surface area contributed by atoms with Crippen LogP contribution in [0.2, 0.25) is 0 Å². The molecule has 0 radical (unpaired) electrons. The van der Waals surface area contributed by atoms with Crippen LogP contribution in [0, 0.1) is 0 Å². The van der Waals surface area contributed by atoms with Gasteiger partial charge >= 0.3 is 0 Å². The quantitative estimate of drug-likeness (QED) is 0.868. The van der Waals surface area contributed by atoms with E-state index in [1.54, 1.807) is 0 Å². The Hall–Kier alpha value is -1.42. The highest BCUT2D eigenvalue weighted by atomic mass is 16.5. The van der Waals surface area contributed by atoms with E-state index in [2.05, 4.69) is 47.4 Å². The maximum atomic E-state index is 5.95. The molecule has 2 heterocycles. The molecule has 3 nitrogen and oxygen atoms in total. The summed E-state index contributed by atoms with van der Waals surface area (Å²) < 4.78 is 11.6. The van der Waals surface area contributed by atoms with Gasteiger partial charge < -0.3 is 9.47 Å². The zero-order valence-electron chi connectivity index (χ0n) is 13.1. The van der Waals surface area contributed by atoms with Gasteiger partial charge in [0.05, 0.1) is 12.2 Å². The first-order valence-electron chi connectivity index (χ1n) is 8.22. The maximum absolute atomic E-state index is 5.95. The van der Waals surface area contributed by atoms with Crippen molar-refractivity contribution < 1.29 is 9.47 Å². The maximum Gasteiger partial charge on any atom is 0.0992 e. The first-order chi connectivity index (χ1) is 10.9. The van der Waals surface area contributed by atoms with Gasteiger partial charge in [-0.2, -0.15) is 0 Å². The predicted octanol–water partition coefficient (Wildman–Crippen LogP) is 3.22. The molecule has 2 aliphatic rings. The zero-order chi connectivity index (χ0) is 14.9. The van der Waals surface area contributed by atoms with Crippen molar-refractivity contribution in [3.63, 3.8) is 0 Å². The predicted molar refractivity (Wildman–Crippen MR) is 87.9 cm³/mol. The van der Waals surface area contributed by atoms with Crippen LogP contribution in [0.4, 0.5) is 0 Å². The summed E-state index contributed by atoms with van der Waals surface area (Å²) in [5.74, 6) is 0. The minimum atomic E-state index is 0.244. The molecule has 22 heavy (non-hydrogen) atoms. The second-order valence-corrected chi connectivity index (χ2v) is 6.36. The highest BCUT2D eigenvalue weighted by Crippen LogP contribution is 2.32. The number of ether oxygens (including phenoxy) is 2. The molecule has 116 valence electrons. The minimum Gasteiger partial charge on any atom is -0.379 e. The highest BCUT2D eigenvalue weighted by molar-refractivity contribution is 5.85. The van der Waals surface area contributed by atoms with Crippen LogP contribution in [0.3, 0.4) is 0 Å². The topological polar surface area (TPSA) is 21.7 Å². The van der Waals surface area contributed by atoms with Gasteiger partial charge in [0.25, 0.3) is 0 Å². The number of hydrogen-bond acceptors (Lipinski definition) is 3. The van der Waals surface area contributed by atoms with Crippen LogP contribution in [0.1, 0.15) is 18.4 Å². The fourth-order valence-corrected chi connectivity index (χ4v) is 4.07. The van der Waals surface area contributed by atoms with Crippen molar-refractivity contribution in [3.8, 4) is 0 Å².